The van der Waals surface area contributed by atoms with E-state index in [9.17, 15) is 9.90 Å². The van der Waals surface area contributed by atoms with Crippen LogP contribution in [-0.4, -0.2) is 26.3 Å². The van der Waals surface area contributed by atoms with E-state index in [1.807, 2.05) is 6.92 Å². The zero-order valence-corrected chi connectivity index (χ0v) is 13.2. The fourth-order valence-corrected chi connectivity index (χ4v) is 3.21. The molecule has 0 amide bonds. The normalized spacial score (nSPS) is 26.8. The molecule has 1 N–H and O–H groups in total. The van der Waals surface area contributed by atoms with Gasteiger partial charge in [-0.25, -0.2) is 0 Å². The van der Waals surface area contributed by atoms with E-state index < -0.39 is 5.60 Å². The Bertz CT molecular complexity index is 502. The van der Waals surface area contributed by atoms with Crippen molar-refractivity contribution in [1.29, 1.82) is 0 Å². The number of hydrogen-bond donors (Lipinski definition) is 1. The third kappa shape index (κ3) is 2.91. The van der Waals surface area contributed by atoms with Gasteiger partial charge in [-0.1, -0.05) is 25.4 Å². The van der Waals surface area contributed by atoms with Gasteiger partial charge in [0.2, 0.25) is 0 Å². The SMILES string of the molecule is CCc1nn(C)c(CC(=O)C2(O)CCC(C)CC2)c1Cl. The Morgan fingerprint density at radius 3 is 2.60 bits per heavy atom. The van der Waals surface area contributed by atoms with E-state index in [1.165, 1.54) is 0 Å². The Hall–Kier alpha value is -0.870. The van der Waals surface area contributed by atoms with Crippen LogP contribution < -0.4 is 0 Å². The predicted molar refractivity (Wildman–Crippen MR) is 78.9 cm³/mol. The molecule has 1 fully saturated rings. The van der Waals surface area contributed by atoms with E-state index in [2.05, 4.69) is 12.0 Å². The molecule has 0 unspecified atom stereocenters. The molecule has 0 aromatic carbocycles. The number of nitrogens with zero attached hydrogens (tertiary/aromatic N) is 2. The fraction of sp³-hybridized carbons (Fsp3) is 0.733. The van der Waals surface area contributed by atoms with Gasteiger partial charge < -0.3 is 5.11 Å². The molecular formula is C15H23ClN2O2. The highest BCUT2D eigenvalue weighted by Gasteiger charge is 2.39. The molecule has 0 atom stereocenters. The average Bonchev–Trinajstić information content (AvgIpc) is 2.69. The number of rotatable bonds is 4. The topological polar surface area (TPSA) is 55.1 Å². The Kier molecular flexibility index (Phi) is 4.55. The Morgan fingerprint density at radius 1 is 1.50 bits per heavy atom. The van der Waals surface area contributed by atoms with Crippen LogP contribution in [0, 0.1) is 5.92 Å². The molecule has 20 heavy (non-hydrogen) atoms. The van der Waals surface area contributed by atoms with Gasteiger partial charge in [-0.2, -0.15) is 5.10 Å². The molecule has 0 aliphatic heterocycles. The second-order valence-electron chi connectivity index (χ2n) is 6.00. The van der Waals surface area contributed by atoms with Crippen molar-refractivity contribution in [2.45, 2.75) is 58.0 Å². The summed E-state index contributed by atoms with van der Waals surface area (Å²) in [5.41, 5.74) is 0.341. The molecule has 4 nitrogen and oxygen atoms in total. The summed E-state index contributed by atoms with van der Waals surface area (Å²) in [6, 6.07) is 0. The Labute approximate surface area is 125 Å². The van der Waals surface area contributed by atoms with Gasteiger partial charge in [0.1, 0.15) is 5.60 Å². The highest BCUT2D eigenvalue weighted by atomic mass is 35.5. The Morgan fingerprint density at radius 2 is 2.10 bits per heavy atom. The van der Waals surface area contributed by atoms with Gasteiger partial charge in [-0.15, -0.1) is 0 Å². The molecule has 0 radical (unpaired) electrons. The van der Waals surface area contributed by atoms with E-state index in [0.717, 1.165) is 25.0 Å². The van der Waals surface area contributed by atoms with E-state index in [0.29, 0.717) is 29.5 Å². The van der Waals surface area contributed by atoms with Crippen molar-refractivity contribution in [3.05, 3.63) is 16.4 Å². The van der Waals surface area contributed by atoms with E-state index in [4.69, 9.17) is 11.6 Å². The first kappa shape index (κ1) is 15.5. The lowest BCUT2D eigenvalue weighted by molar-refractivity contribution is -0.140. The Balaban J connectivity index is 2.14. The van der Waals surface area contributed by atoms with Crippen LogP contribution in [0.2, 0.25) is 5.02 Å². The first-order valence-electron chi connectivity index (χ1n) is 7.33. The zero-order chi connectivity index (χ0) is 14.9. The molecule has 1 aliphatic rings. The van der Waals surface area contributed by atoms with E-state index >= 15 is 0 Å². The molecule has 1 aliphatic carbocycles. The molecular weight excluding hydrogens is 276 g/mol. The van der Waals surface area contributed by atoms with E-state index in [-0.39, 0.29) is 12.2 Å². The maximum atomic E-state index is 12.4. The van der Waals surface area contributed by atoms with E-state index in [1.54, 1.807) is 11.7 Å². The van der Waals surface area contributed by atoms with Crippen molar-refractivity contribution in [2.75, 3.05) is 0 Å². The summed E-state index contributed by atoms with van der Waals surface area (Å²) in [6.07, 6.45) is 3.82. The van der Waals surface area contributed by atoms with Crippen LogP contribution >= 0.6 is 11.6 Å². The summed E-state index contributed by atoms with van der Waals surface area (Å²) in [6.45, 7) is 4.14. The third-order valence-electron chi connectivity index (χ3n) is 4.45. The van der Waals surface area contributed by atoms with Crippen LogP contribution in [0.4, 0.5) is 0 Å². The number of hydrogen-bond acceptors (Lipinski definition) is 3. The van der Waals surface area contributed by atoms with Crippen molar-refractivity contribution in [1.82, 2.24) is 9.78 Å². The molecule has 1 aromatic rings. The van der Waals surface area contributed by atoms with Gasteiger partial charge in [-0.05, 0) is 38.0 Å². The zero-order valence-electron chi connectivity index (χ0n) is 12.4. The van der Waals surface area contributed by atoms with Crippen LogP contribution in [-0.2, 0) is 24.7 Å². The van der Waals surface area contributed by atoms with Crippen LogP contribution in [0.25, 0.3) is 0 Å². The van der Waals surface area contributed by atoms with Gasteiger partial charge in [0.05, 0.1) is 22.8 Å². The van der Waals surface area contributed by atoms with Crippen LogP contribution in [0.15, 0.2) is 0 Å². The largest absolute Gasteiger partial charge is 0.382 e. The van der Waals surface area contributed by atoms with Crippen molar-refractivity contribution in [3.63, 3.8) is 0 Å². The maximum absolute atomic E-state index is 12.4. The minimum Gasteiger partial charge on any atom is -0.382 e. The summed E-state index contributed by atoms with van der Waals surface area (Å²) in [4.78, 5) is 12.4. The third-order valence-corrected chi connectivity index (χ3v) is 4.89. The molecule has 0 saturated heterocycles. The first-order chi connectivity index (χ1) is 9.37. The van der Waals surface area contributed by atoms with Crippen LogP contribution in [0.5, 0.6) is 0 Å². The standard InChI is InChI=1S/C15H23ClN2O2/c1-4-11-14(16)12(18(3)17-11)9-13(19)15(20)7-5-10(2)6-8-15/h10,20H,4-9H2,1-3H3. The monoisotopic (exact) mass is 298 g/mol. The summed E-state index contributed by atoms with van der Waals surface area (Å²) >= 11 is 6.26. The number of ketones is 1. The number of aromatic nitrogens is 2. The molecule has 1 heterocycles. The number of aryl methyl sites for hydroxylation is 2. The lowest BCUT2D eigenvalue weighted by Gasteiger charge is -2.33. The minimum absolute atomic E-state index is 0.128. The fourth-order valence-electron chi connectivity index (χ4n) is 2.85. The second-order valence-corrected chi connectivity index (χ2v) is 6.38. The van der Waals surface area contributed by atoms with Gasteiger partial charge >= 0.3 is 0 Å². The van der Waals surface area contributed by atoms with Crippen LogP contribution in [0.3, 0.4) is 0 Å². The van der Waals surface area contributed by atoms with Crippen molar-refractivity contribution in [2.24, 2.45) is 13.0 Å². The van der Waals surface area contributed by atoms with Crippen LogP contribution in [0.1, 0.15) is 50.9 Å². The quantitative estimate of drug-likeness (QED) is 0.930. The second kappa shape index (κ2) is 5.86. The summed E-state index contributed by atoms with van der Waals surface area (Å²) in [5.74, 6) is 0.465. The number of halogens is 1. The maximum Gasteiger partial charge on any atom is 0.170 e. The van der Waals surface area contributed by atoms with Gasteiger partial charge in [-0.3, -0.25) is 9.48 Å². The molecule has 112 valence electrons. The number of Topliss-reactive ketones (excluding diaryl/α,β-unsaturated/α-hetero) is 1. The summed E-state index contributed by atoms with van der Waals surface area (Å²) in [5, 5.41) is 15.4. The molecule has 1 saturated carbocycles. The molecule has 0 bridgehead atoms. The predicted octanol–water partition coefficient (Wildman–Crippen LogP) is 2.69. The smallest absolute Gasteiger partial charge is 0.170 e. The number of aliphatic hydroxyl groups is 1. The summed E-state index contributed by atoms with van der Waals surface area (Å²) in [7, 11) is 1.79. The van der Waals surface area contributed by atoms with Crippen molar-refractivity contribution < 1.29 is 9.90 Å². The van der Waals surface area contributed by atoms with Gasteiger partial charge in [0.25, 0.3) is 0 Å². The number of carbonyl (C=O) groups excluding carboxylic acids is 1. The minimum atomic E-state index is -1.17. The van der Waals surface area contributed by atoms with Gasteiger partial charge in [0, 0.05) is 7.05 Å². The molecule has 2 rings (SSSR count). The van der Waals surface area contributed by atoms with Crippen molar-refractivity contribution >= 4 is 17.4 Å². The van der Waals surface area contributed by atoms with Crippen molar-refractivity contribution in [3.8, 4) is 0 Å². The molecule has 1 aromatic heterocycles. The number of carbonyl (C=O) groups is 1. The lowest BCUT2D eigenvalue weighted by atomic mass is 9.76. The van der Waals surface area contributed by atoms with Gasteiger partial charge in [0.15, 0.2) is 5.78 Å². The highest BCUT2D eigenvalue weighted by molar-refractivity contribution is 6.32. The lowest BCUT2D eigenvalue weighted by Crippen LogP contribution is -2.43. The first-order valence-corrected chi connectivity index (χ1v) is 7.71. The summed E-state index contributed by atoms with van der Waals surface area (Å²) < 4.78 is 1.66. The average molecular weight is 299 g/mol. The highest BCUT2D eigenvalue weighted by Crippen LogP contribution is 2.34. The molecule has 5 heteroatoms. The molecule has 0 spiro atoms.